The Hall–Kier alpha value is -3.24. The first-order chi connectivity index (χ1) is 15.3. The Morgan fingerprint density at radius 3 is 2.87 bits per heavy atom. The highest BCUT2D eigenvalue weighted by atomic mass is 16.5. The molecule has 10 nitrogen and oxygen atoms in total. The Morgan fingerprint density at radius 2 is 2.10 bits per heavy atom. The number of anilines is 4. The highest BCUT2D eigenvalue weighted by Gasteiger charge is 2.17. The molecule has 5 rings (SSSR count). The molecule has 0 aliphatic carbocycles. The molecule has 0 bridgehead atoms. The fourth-order valence-electron chi connectivity index (χ4n) is 4.01. The van der Waals surface area contributed by atoms with Crippen molar-refractivity contribution in [3.8, 4) is 0 Å². The van der Waals surface area contributed by atoms with Crippen LogP contribution in [0.25, 0.3) is 10.9 Å². The third-order valence-electron chi connectivity index (χ3n) is 5.62. The molecule has 10 heteroatoms. The number of rotatable bonds is 5. The van der Waals surface area contributed by atoms with Crippen molar-refractivity contribution in [2.45, 2.75) is 18.9 Å². The first-order valence-corrected chi connectivity index (χ1v) is 10.7. The molecule has 31 heavy (non-hydrogen) atoms. The second kappa shape index (κ2) is 8.86. The van der Waals surface area contributed by atoms with Gasteiger partial charge in [-0.1, -0.05) is 0 Å². The van der Waals surface area contributed by atoms with Crippen LogP contribution >= 0.6 is 0 Å². The summed E-state index contributed by atoms with van der Waals surface area (Å²) >= 11 is 0. The summed E-state index contributed by atoms with van der Waals surface area (Å²) in [5.41, 5.74) is 1.11. The van der Waals surface area contributed by atoms with Crippen LogP contribution in [0.4, 0.5) is 23.1 Å². The van der Waals surface area contributed by atoms with Gasteiger partial charge in [0.25, 0.3) is 5.56 Å². The van der Waals surface area contributed by atoms with Crippen molar-refractivity contribution >= 4 is 34.0 Å². The summed E-state index contributed by atoms with van der Waals surface area (Å²) in [5.74, 6) is 2.06. The van der Waals surface area contributed by atoms with E-state index in [2.05, 4.69) is 35.8 Å². The number of morpholine rings is 1. The van der Waals surface area contributed by atoms with E-state index in [0.29, 0.717) is 41.8 Å². The molecule has 162 valence electrons. The van der Waals surface area contributed by atoms with Crippen LogP contribution < -0.4 is 26.4 Å². The molecule has 3 aromatic heterocycles. The number of fused-ring (bicyclic) bond motifs is 1. The van der Waals surface area contributed by atoms with E-state index < -0.39 is 0 Å². The normalized spacial score (nSPS) is 19.4. The lowest BCUT2D eigenvalue weighted by molar-refractivity contribution is 0.122. The van der Waals surface area contributed by atoms with Gasteiger partial charge >= 0.3 is 0 Å². The van der Waals surface area contributed by atoms with E-state index in [-0.39, 0.29) is 5.56 Å². The Morgan fingerprint density at radius 1 is 1.19 bits per heavy atom. The summed E-state index contributed by atoms with van der Waals surface area (Å²) in [6.45, 7) is 5.01. The molecular weight excluding hydrogens is 396 g/mol. The number of ether oxygens (including phenoxy) is 1. The van der Waals surface area contributed by atoms with E-state index in [4.69, 9.17) is 9.72 Å². The van der Waals surface area contributed by atoms with Gasteiger partial charge in [-0.05, 0) is 31.5 Å². The van der Waals surface area contributed by atoms with E-state index in [1.807, 2.05) is 18.2 Å². The van der Waals surface area contributed by atoms with Crippen LogP contribution in [0.5, 0.6) is 0 Å². The molecule has 1 atom stereocenters. The summed E-state index contributed by atoms with van der Waals surface area (Å²) in [7, 11) is 0. The summed E-state index contributed by atoms with van der Waals surface area (Å²) in [6, 6.07) is 6.03. The van der Waals surface area contributed by atoms with Gasteiger partial charge in [0.2, 0.25) is 0 Å². The molecule has 4 N–H and O–H groups in total. The van der Waals surface area contributed by atoms with Crippen LogP contribution in [0.2, 0.25) is 0 Å². The molecule has 5 heterocycles. The highest BCUT2D eigenvalue weighted by molar-refractivity contribution is 5.91. The van der Waals surface area contributed by atoms with Crippen molar-refractivity contribution in [3.63, 3.8) is 0 Å². The van der Waals surface area contributed by atoms with Gasteiger partial charge in [0.05, 0.1) is 36.9 Å². The minimum atomic E-state index is -0.233. The van der Waals surface area contributed by atoms with Crippen molar-refractivity contribution in [3.05, 3.63) is 41.1 Å². The number of hydrogen-bond acceptors (Lipinski definition) is 9. The van der Waals surface area contributed by atoms with Gasteiger partial charge < -0.3 is 30.6 Å². The van der Waals surface area contributed by atoms with Gasteiger partial charge in [-0.3, -0.25) is 4.79 Å². The smallest absolute Gasteiger partial charge is 0.262 e. The average molecular weight is 422 g/mol. The molecule has 0 amide bonds. The van der Waals surface area contributed by atoms with Crippen molar-refractivity contribution in [2.24, 2.45) is 0 Å². The van der Waals surface area contributed by atoms with Crippen LogP contribution in [0.3, 0.4) is 0 Å². The number of aromatic amines is 1. The molecule has 0 aromatic carbocycles. The van der Waals surface area contributed by atoms with Crippen LogP contribution in [0.1, 0.15) is 12.8 Å². The van der Waals surface area contributed by atoms with Crippen LogP contribution in [0, 0.1) is 0 Å². The minimum Gasteiger partial charge on any atom is -0.378 e. The summed E-state index contributed by atoms with van der Waals surface area (Å²) in [6.07, 6.45) is 5.37. The van der Waals surface area contributed by atoms with E-state index in [0.717, 1.165) is 50.5 Å². The monoisotopic (exact) mass is 422 g/mol. The number of nitrogens with one attached hydrogen (secondary N) is 4. The molecule has 0 saturated carbocycles. The van der Waals surface area contributed by atoms with E-state index >= 15 is 0 Å². The molecule has 0 radical (unpaired) electrons. The third kappa shape index (κ3) is 4.44. The first-order valence-electron chi connectivity index (χ1n) is 10.7. The Balaban J connectivity index is 1.42. The zero-order valence-corrected chi connectivity index (χ0v) is 17.2. The molecular formula is C21H26N8O2. The van der Waals surface area contributed by atoms with Gasteiger partial charge in [-0.2, -0.15) is 0 Å². The number of H-pyrrole nitrogens is 1. The van der Waals surface area contributed by atoms with E-state index in [1.54, 1.807) is 6.20 Å². The van der Waals surface area contributed by atoms with Gasteiger partial charge in [0.1, 0.15) is 22.8 Å². The van der Waals surface area contributed by atoms with Crippen LogP contribution in [0.15, 0.2) is 35.5 Å². The van der Waals surface area contributed by atoms with Crippen molar-refractivity contribution < 1.29 is 4.74 Å². The van der Waals surface area contributed by atoms with E-state index in [1.165, 1.54) is 6.33 Å². The largest absolute Gasteiger partial charge is 0.378 e. The molecule has 3 aromatic rings. The van der Waals surface area contributed by atoms with Gasteiger partial charge in [0, 0.05) is 31.7 Å². The Labute approximate surface area is 179 Å². The maximum absolute atomic E-state index is 12.5. The predicted octanol–water partition coefficient (Wildman–Crippen LogP) is 1.46. The number of pyridine rings is 2. The van der Waals surface area contributed by atoms with E-state index in [9.17, 15) is 4.79 Å². The minimum absolute atomic E-state index is 0.233. The molecule has 0 unspecified atom stereocenters. The maximum Gasteiger partial charge on any atom is 0.262 e. The number of piperidine rings is 1. The summed E-state index contributed by atoms with van der Waals surface area (Å²) in [5, 5.41) is 10.5. The van der Waals surface area contributed by atoms with Gasteiger partial charge in [-0.15, -0.1) is 0 Å². The molecule has 2 saturated heterocycles. The number of hydrogen-bond donors (Lipinski definition) is 4. The fraction of sp³-hybridized carbons (Fsp3) is 0.429. The first kappa shape index (κ1) is 19.7. The number of nitrogens with zero attached hydrogens (tertiary/aromatic N) is 4. The zero-order valence-electron chi connectivity index (χ0n) is 17.2. The molecule has 0 spiro atoms. The summed E-state index contributed by atoms with van der Waals surface area (Å²) < 4.78 is 5.40. The Kier molecular flexibility index (Phi) is 5.63. The quantitative estimate of drug-likeness (QED) is 0.484. The lowest BCUT2D eigenvalue weighted by Crippen LogP contribution is -2.38. The fourth-order valence-corrected chi connectivity index (χ4v) is 4.01. The SMILES string of the molecule is O=c1[nH]cnc2cc(N[C@@H]3CCCNC3)nc(Nc3ccc(N4CCOCC4)nc3)c12. The maximum atomic E-state index is 12.5. The highest BCUT2D eigenvalue weighted by Crippen LogP contribution is 2.25. The second-order valence-corrected chi connectivity index (χ2v) is 7.80. The topological polar surface area (TPSA) is 120 Å². The molecule has 2 aliphatic rings. The molecule has 2 fully saturated rings. The summed E-state index contributed by atoms with van der Waals surface area (Å²) in [4.78, 5) is 31.0. The van der Waals surface area contributed by atoms with Crippen molar-refractivity contribution in [1.29, 1.82) is 0 Å². The number of aromatic nitrogens is 4. The zero-order chi connectivity index (χ0) is 21.0. The van der Waals surface area contributed by atoms with Gasteiger partial charge in [0.15, 0.2) is 0 Å². The Bertz CT molecular complexity index is 1090. The van der Waals surface area contributed by atoms with Gasteiger partial charge in [-0.25, -0.2) is 15.0 Å². The van der Waals surface area contributed by atoms with Crippen molar-refractivity contribution in [2.75, 3.05) is 54.9 Å². The predicted molar refractivity (Wildman–Crippen MR) is 120 cm³/mol. The lowest BCUT2D eigenvalue weighted by Gasteiger charge is -2.27. The van der Waals surface area contributed by atoms with Crippen LogP contribution in [-0.4, -0.2) is 65.4 Å². The van der Waals surface area contributed by atoms with Crippen LogP contribution in [-0.2, 0) is 4.74 Å². The van der Waals surface area contributed by atoms with Crippen molar-refractivity contribution in [1.82, 2.24) is 25.3 Å². The second-order valence-electron chi connectivity index (χ2n) is 7.80. The average Bonchev–Trinajstić information content (AvgIpc) is 2.81. The lowest BCUT2D eigenvalue weighted by atomic mass is 10.1. The standard InChI is InChI=1S/C21H26N8O2/c30-21-19-16(24-13-25-21)10-17(26-14-2-1-5-22-11-14)28-20(19)27-15-3-4-18(23-12-15)29-6-8-31-9-7-29/h3-4,10,12-14,22H,1-2,5-9,11H2,(H,24,25,30)(H2,26,27,28)/t14-/m1/s1. The third-order valence-corrected chi connectivity index (χ3v) is 5.62. The molecule has 2 aliphatic heterocycles.